The summed E-state index contributed by atoms with van der Waals surface area (Å²) in [5.41, 5.74) is 5.17. The molecule has 0 spiro atoms. The lowest BCUT2D eigenvalue weighted by molar-refractivity contribution is -0.141. The van der Waals surface area contributed by atoms with E-state index in [2.05, 4.69) is 5.32 Å². The zero-order valence-electron chi connectivity index (χ0n) is 12.9. The van der Waals surface area contributed by atoms with Gasteiger partial charge in [0.05, 0.1) is 7.11 Å². The third-order valence-corrected chi connectivity index (χ3v) is 3.63. The molecule has 0 amide bonds. The largest absolute Gasteiger partial charge is 0.467 e. The summed E-state index contributed by atoms with van der Waals surface area (Å²) in [5, 5.41) is 3.31. The Morgan fingerprint density at radius 2 is 1.76 bits per heavy atom. The Bertz CT molecular complexity index is 649. The summed E-state index contributed by atoms with van der Waals surface area (Å²) in [5.74, 6) is -0.285. The van der Waals surface area contributed by atoms with Gasteiger partial charge >= 0.3 is 5.97 Å². The van der Waals surface area contributed by atoms with Gasteiger partial charge in [0.25, 0.3) is 0 Å². The molecule has 1 unspecified atom stereocenters. The molecule has 1 atom stereocenters. The summed E-state index contributed by atoms with van der Waals surface area (Å²) < 4.78 is 4.97. The van der Waals surface area contributed by atoms with E-state index in [0.717, 1.165) is 27.9 Å². The molecular formula is C18H21NO2. The van der Waals surface area contributed by atoms with Crippen LogP contribution in [0.2, 0.25) is 0 Å². The molecule has 21 heavy (non-hydrogen) atoms. The van der Waals surface area contributed by atoms with Crippen molar-refractivity contribution in [3.8, 4) is 0 Å². The quantitative estimate of drug-likeness (QED) is 0.864. The van der Waals surface area contributed by atoms with Gasteiger partial charge in [0, 0.05) is 5.69 Å². The van der Waals surface area contributed by atoms with Gasteiger partial charge in [-0.1, -0.05) is 42.0 Å². The van der Waals surface area contributed by atoms with Crippen molar-refractivity contribution in [1.29, 1.82) is 0 Å². The first-order chi connectivity index (χ1) is 10.0. The first-order valence-corrected chi connectivity index (χ1v) is 7.00. The Morgan fingerprint density at radius 3 is 2.43 bits per heavy atom. The fraction of sp³-hybridized carbons (Fsp3) is 0.278. The number of carbonyl (C=O) groups excluding carboxylic acids is 1. The number of aryl methyl sites for hydroxylation is 3. The molecule has 3 nitrogen and oxygen atoms in total. The first kappa shape index (κ1) is 15.1. The van der Waals surface area contributed by atoms with Gasteiger partial charge in [0.15, 0.2) is 6.04 Å². The highest BCUT2D eigenvalue weighted by atomic mass is 16.5. The highest BCUT2D eigenvalue weighted by Gasteiger charge is 2.23. The maximum absolute atomic E-state index is 12.2. The van der Waals surface area contributed by atoms with Crippen molar-refractivity contribution in [3.63, 3.8) is 0 Å². The molecule has 1 N–H and O–H groups in total. The van der Waals surface area contributed by atoms with Crippen LogP contribution in [0.5, 0.6) is 0 Å². The number of benzene rings is 2. The Hall–Kier alpha value is -2.29. The number of rotatable bonds is 4. The molecule has 0 saturated carbocycles. The molecule has 0 aliphatic heterocycles. The van der Waals surface area contributed by atoms with E-state index in [-0.39, 0.29) is 5.97 Å². The lowest BCUT2D eigenvalue weighted by Crippen LogP contribution is -2.23. The van der Waals surface area contributed by atoms with Crippen molar-refractivity contribution >= 4 is 11.7 Å². The van der Waals surface area contributed by atoms with E-state index in [1.54, 1.807) is 0 Å². The standard InChI is InChI=1S/C18H21NO2/c1-12-9-10-13(2)15(11-12)17(18(20)21-4)19-16-8-6-5-7-14(16)3/h5-11,17,19H,1-4H3. The Morgan fingerprint density at radius 1 is 1.05 bits per heavy atom. The van der Waals surface area contributed by atoms with E-state index in [4.69, 9.17) is 4.74 Å². The van der Waals surface area contributed by atoms with E-state index in [1.807, 2.05) is 63.2 Å². The van der Waals surface area contributed by atoms with Crippen LogP contribution >= 0.6 is 0 Å². The number of anilines is 1. The number of methoxy groups -OCH3 is 1. The fourth-order valence-corrected chi connectivity index (χ4v) is 2.34. The molecule has 0 bridgehead atoms. The molecule has 2 aromatic rings. The maximum Gasteiger partial charge on any atom is 0.332 e. The third-order valence-electron chi connectivity index (χ3n) is 3.63. The van der Waals surface area contributed by atoms with Crippen LogP contribution in [0.1, 0.15) is 28.3 Å². The predicted octanol–water partition coefficient (Wildman–Crippen LogP) is 3.94. The van der Waals surface area contributed by atoms with Crippen molar-refractivity contribution in [2.24, 2.45) is 0 Å². The van der Waals surface area contributed by atoms with Gasteiger partial charge in [-0.3, -0.25) is 0 Å². The van der Waals surface area contributed by atoms with E-state index in [0.29, 0.717) is 0 Å². The zero-order chi connectivity index (χ0) is 15.4. The molecule has 0 fully saturated rings. The van der Waals surface area contributed by atoms with Crippen molar-refractivity contribution in [3.05, 3.63) is 64.7 Å². The third kappa shape index (κ3) is 3.43. The maximum atomic E-state index is 12.2. The average Bonchev–Trinajstić information content (AvgIpc) is 2.48. The number of ether oxygens (including phenoxy) is 1. The highest BCUT2D eigenvalue weighted by molar-refractivity contribution is 5.82. The van der Waals surface area contributed by atoms with Gasteiger partial charge in [-0.25, -0.2) is 4.79 Å². The highest BCUT2D eigenvalue weighted by Crippen LogP contribution is 2.26. The number of esters is 1. The summed E-state index contributed by atoms with van der Waals surface area (Å²) in [6.45, 7) is 6.04. The molecule has 110 valence electrons. The van der Waals surface area contributed by atoms with Crippen LogP contribution in [-0.2, 0) is 9.53 Å². The minimum Gasteiger partial charge on any atom is -0.467 e. The second kappa shape index (κ2) is 6.44. The Kier molecular flexibility index (Phi) is 4.63. The van der Waals surface area contributed by atoms with Crippen molar-refractivity contribution in [2.75, 3.05) is 12.4 Å². The second-order valence-corrected chi connectivity index (χ2v) is 5.28. The lowest BCUT2D eigenvalue weighted by atomic mass is 9.98. The lowest BCUT2D eigenvalue weighted by Gasteiger charge is -2.21. The topological polar surface area (TPSA) is 38.3 Å². The van der Waals surface area contributed by atoms with Crippen molar-refractivity contribution < 1.29 is 9.53 Å². The molecular weight excluding hydrogens is 262 g/mol. The average molecular weight is 283 g/mol. The summed E-state index contributed by atoms with van der Waals surface area (Å²) in [7, 11) is 1.42. The molecule has 0 aliphatic carbocycles. The summed E-state index contributed by atoms with van der Waals surface area (Å²) in [6.07, 6.45) is 0. The minimum absolute atomic E-state index is 0.285. The van der Waals surface area contributed by atoms with Gasteiger partial charge in [0.2, 0.25) is 0 Å². The van der Waals surface area contributed by atoms with Gasteiger partial charge in [-0.05, 0) is 43.5 Å². The summed E-state index contributed by atoms with van der Waals surface area (Å²) >= 11 is 0. The van der Waals surface area contributed by atoms with E-state index in [1.165, 1.54) is 7.11 Å². The number of para-hydroxylation sites is 1. The van der Waals surface area contributed by atoms with E-state index in [9.17, 15) is 4.79 Å². The Labute approximate surface area is 126 Å². The van der Waals surface area contributed by atoms with Crippen LogP contribution in [0, 0.1) is 20.8 Å². The predicted molar refractivity (Wildman–Crippen MR) is 85.5 cm³/mol. The normalized spacial score (nSPS) is 11.8. The van der Waals surface area contributed by atoms with Crippen LogP contribution in [0.25, 0.3) is 0 Å². The van der Waals surface area contributed by atoms with E-state index >= 15 is 0 Å². The molecule has 3 heteroatoms. The number of hydrogen-bond donors (Lipinski definition) is 1. The van der Waals surface area contributed by atoms with Crippen LogP contribution in [0.15, 0.2) is 42.5 Å². The van der Waals surface area contributed by atoms with Gasteiger partial charge in [-0.15, -0.1) is 0 Å². The SMILES string of the molecule is COC(=O)C(Nc1ccccc1C)c1cc(C)ccc1C. The second-order valence-electron chi connectivity index (χ2n) is 5.28. The fourth-order valence-electron chi connectivity index (χ4n) is 2.34. The molecule has 2 rings (SSSR count). The first-order valence-electron chi connectivity index (χ1n) is 7.00. The smallest absolute Gasteiger partial charge is 0.332 e. The molecule has 0 saturated heterocycles. The van der Waals surface area contributed by atoms with Crippen LogP contribution in [-0.4, -0.2) is 13.1 Å². The van der Waals surface area contributed by atoms with Gasteiger partial charge in [-0.2, -0.15) is 0 Å². The molecule has 0 aromatic heterocycles. The minimum atomic E-state index is -0.504. The molecule has 2 aromatic carbocycles. The molecule has 0 aliphatic rings. The van der Waals surface area contributed by atoms with E-state index < -0.39 is 6.04 Å². The molecule has 0 heterocycles. The van der Waals surface area contributed by atoms with Crippen LogP contribution in [0.4, 0.5) is 5.69 Å². The van der Waals surface area contributed by atoms with Crippen LogP contribution in [0.3, 0.4) is 0 Å². The van der Waals surface area contributed by atoms with Gasteiger partial charge in [0.1, 0.15) is 0 Å². The Balaban J connectivity index is 2.42. The number of carbonyl (C=O) groups is 1. The zero-order valence-corrected chi connectivity index (χ0v) is 12.9. The summed E-state index contributed by atoms with van der Waals surface area (Å²) in [4.78, 5) is 12.2. The summed E-state index contributed by atoms with van der Waals surface area (Å²) in [6, 6.07) is 13.5. The van der Waals surface area contributed by atoms with Gasteiger partial charge < -0.3 is 10.1 Å². The number of nitrogens with one attached hydrogen (secondary N) is 1. The monoisotopic (exact) mass is 283 g/mol. The van der Waals surface area contributed by atoms with Crippen molar-refractivity contribution in [2.45, 2.75) is 26.8 Å². The van der Waals surface area contributed by atoms with Crippen molar-refractivity contribution in [1.82, 2.24) is 0 Å². The number of hydrogen-bond acceptors (Lipinski definition) is 3. The molecule has 0 radical (unpaired) electrons. The van der Waals surface area contributed by atoms with Crippen LogP contribution < -0.4 is 5.32 Å².